The largest absolute Gasteiger partial charge is 0.383 e. The lowest BCUT2D eigenvalue weighted by Crippen LogP contribution is -2.02. The second-order valence-electron chi connectivity index (χ2n) is 4.55. The molecule has 2 heterocycles. The topological polar surface area (TPSA) is 82.8 Å². The molecule has 1 aliphatic carbocycles. The van der Waals surface area contributed by atoms with Gasteiger partial charge in [-0.15, -0.1) is 0 Å². The van der Waals surface area contributed by atoms with E-state index in [-0.39, 0.29) is 5.41 Å². The van der Waals surface area contributed by atoms with E-state index in [0.717, 1.165) is 18.7 Å². The monoisotopic (exact) mass is 219 g/mol. The highest BCUT2D eigenvalue weighted by Gasteiger charge is 2.43. The predicted molar refractivity (Wildman–Crippen MR) is 57.5 cm³/mol. The van der Waals surface area contributed by atoms with Crippen LogP contribution in [-0.4, -0.2) is 19.9 Å². The molecule has 1 aliphatic rings. The minimum atomic E-state index is 0.110. The Balaban J connectivity index is 2.01. The molecule has 0 aromatic carbocycles. The van der Waals surface area contributed by atoms with Gasteiger partial charge in [0.1, 0.15) is 11.4 Å². The van der Waals surface area contributed by atoms with E-state index in [4.69, 9.17) is 10.3 Å². The Kier molecular flexibility index (Phi) is 1.66. The molecule has 2 aromatic heterocycles. The third-order valence-electron chi connectivity index (χ3n) is 3.18. The minimum absolute atomic E-state index is 0.110. The maximum atomic E-state index is 5.84. The van der Waals surface area contributed by atoms with Crippen molar-refractivity contribution in [3.05, 3.63) is 12.0 Å². The van der Waals surface area contributed by atoms with Crippen molar-refractivity contribution < 1.29 is 4.52 Å². The molecule has 0 aliphatic heterocycles. The summed E-state index contributed by atoms with van der Waals surface area (Å²) in [6.07, 6.45) is 3.88. The highest BCUT2D eigenvalue weighted by atomic mass is 16.5. The van der Waals surface area contributed by atoms with Crippen molar-refractivity contribution in [2.45, 2.75) is 25.2 Å². The van der Waals surface area contributed by atoms with Crippen LogP contribution in [0.5, 0.6) is 0 Å². The maximum absolute atomic E-state index is 5.84. The number of rotatable bonds is 2. The van der Waals surface area contributed by atoms with Crippen LogP contribution in [0.3, 0.4) is 0 Å². The van der Waals surface area contributed by atoms with E-state index in [9.17, 15) is 0 Å². The summed E-state index contributed by atoms with van der Waals surface area (Å²) in [6, 6.07) is 0. The first kappa shape index (κ1) is 9.38. The van der Waals surface area contributed by atoms with E-state index in [0.29, 0.717) is 17.3 Å². The summed E-state index contributed by atoms with van der Waals surface area (Å²) in [5.74, 6) is 1.76. The van der Waals surface area contributed by atoms with Crippen LogP contribution < -0.4 is 5.73 Å². The van der Waals surface area contributed by atoms with Crippen LogP contribution in [-0.2, 0) is 12.5 Å². The zero-order valence-corrected chi connectivity index (χ0v) is 9.27. The molecule has 2 aromatic rings. The maximum Gasteiger partial charge on any atom is 0.263 e. The van der Waals surface area contributed by atoms with Gasteiger partial charge in [0, 0.05) is 12.5 Å². The zero-order chi connectivity index (χ0) is 11.3. The average molecular weight is 219 g/mol. The number of nitrogen functional groups attached to an aromatic ring is 1. The van der Waals surface area contributed by atoms with Gasteiger partial charge in [-0.3, -0.25) is 4.68 Å². The van der Waals surface area contributed by atoms with Gasteiger partial charge < -0.3 is 10.3 Å². The first-order valence-corrected chi connectivity index (χ1v) is 5.22. The summed E-state index contributed by atoms with van der Waals surface area (Å²) in [5.41, 5.74) is 6.65. The van der Waals surface area contributed by atoms with Gasteiger partial charge in [-0.05, 0) is 12.8 Å². The van der Waals surface area contributed by atoms with Crippen molar-refractivity contribution in [1.29, 1.82) is 0 Å². The smallest absolute Gasteiger partial charge is 0.263 e. The van der Waals surface area contributed by atoms with Crippen LogP contribution in [0.25, 0.3) is 11.5 Å². The molecule has 6 heteroatoms. The number of nitrogens with two attached hydrogens (primary N) is 1. The molecule has 6 nitrogen and oxygen atoms in total. The van der Waals surface area contributed by atoms with Gasteiger partial charge in [0.05, 0.1) is 6.20 Å². The Morgan fingerprint density at radius 3 is 2.81 bits per heavy atom. The van der Waals surface area contributed by atoms with E-state index in [2.05, 4.69) is 22.2 Å². The summed E-state index contributed by atoms with van der Waals surface area (Å²) in [6.45, 7) is 2.13. The van der Waals surface area contributed by atoms with E-state index in [1.807, 2.05) is 0 Å². The molecule has 1 saturated carbocycles. The Hall–Kier alpha value is -1.85. The standard InChI is InChI=1S/C10H13N5O/c1-10(3-4-10)9-13-8(16-14-9)6-5-12-15(2)7(6)11/h5H,3-4,11H2,1-2H3. The van der Waals surface area contributed by atoms with Gasteiger partial charge in [-0.25, -0.2) is 0 Å². The number of hydrogen-bond acceptors (Lipinski definition) is 5. The lowest BCUT2D eigenvalue weighted by Gasteiger charge is -1.97. The third kappa shape index (κ3) is 1.22. The third-order valence-corrected chi connectivity index (χ3v) is 3.18. The number of hydrogen-bond donors (Lipinski definition) is 1. The number of nitrogens with zero attached hydrogens (tertiary/aromatic N) is 4. The summed E-state index contributed by atoms with van der Waals surface area (Å²) >= 11 is 0. The van der Waals surface area contributed by atoms with Crippen molar-refractivity contribution in [2.75, 3.05) is 5.73 Å². The fraction of sp³-hybridized carbons (Fsp3) is 0.500. The second kappa shape index (κ2) is 2.84. The Morgan fingerprint density at radius 2 is 2.25 bits per heavy atom. The number of aryl methyl sites for hydroxylation is 1. The molecular formula is C10H13N5O. The predicted octanol–water partition coefficient (Wildman–Crippen LogP) is 1.10. The van der Waals surface area contributed by atoms with Gasteiger partial charge in [-0.2, -0.15) is 10.1 Å². The molecule has 0 spiro atoms. The first-order chi connectivity index (χ1) is 7.60. The number of anilines is 1. The van der Waals surface area contributed by atoms with Gasteiger partial charge in [0.25, 0.3) is 5.89 Å². The fourth-order valence-corrected chi connectivity index (χ4v) is 1.60. The van der Waals surface area contributed by atoms with Crippen molar-refractivity contribution >= 4 is 5.82 Å². The molecule has 84 valence electrons. The molecule has 0 radical (unpaired) electrons. The summed E-state index contributed by atoms with van der Waals surface area (Å²) in [4.78, 5) is 4.38. The molecule has 0 saturated heterocycles. The summed E-state index contributed by atoms with van der Waals surface area (Å²) in [5, 5.41) is 8.04. The Morgan fingerprint density at radius 1 is 1.50 bits per heavy atom. The van der Waals surface area contributed by atoms with Gasteiger partial charge in [-0.1, -0.05) is 12.1 Å². The summed E-state index contributed by atoms with van der Waals surface area (Å²) in [7, 11) is 1.78. The van der Waals surface area contributed by atoms with Crippen molar-refractivity contribution in [1.82, 2.24) is 19.9 Å². The lowest BCUT2D eigenvalue weighted by atomic mass is 10.1. The SMILES string of the molecule is Cn1ncc(-c2nc(C3(C)CC3)no2)c1N. The molecule has 0 unspecified atom stereocenters. The lowest BCUT2D eigenvalue weighted by molar-refractivity contribution is 0.416. The first-order valence-electron chi connectivity index (χ1n) is 5.22. The van der Waals surface area contributed by atoms with Crippen LogP contribution >= 0.6 is 0 Å². The normalized spacial score (nSPS) is 17.6. The Labute approximate surface area is 92.4 Å². The van der Waals surface area contributed by atoms with E-state index >= 15 is 0 Å². The molecule has 2 N–H and O–H groups in total. The molecule has 3 rings (SSSR count). The van der Waals surface area contributed by atoms with E-state index in [1.54, 1.807) is 17.9 Å². The van der Waals surface area contributed by atoms with Crippen LogP contribution in [0.1, 0.15) is 25.6 Å². The van der Waals surface area contributed by atoms with Gasteiger partial charge in [0.15, 0.2) is 5.82 Å². The fourth-order valence-electron chi connectivity index (χ4n) is 1.60. The second-order valence-corrected chi connectivity index (χ2v) is 4.55. The van der Waals surface area contributed by atoms with Crippen molar-refractivity contribution in [3.8, 4) is 11.5 Å². The molecule has 0 bridgehead atoms. The molecule has 0 amide bonds. The van der Waals surface area contributed by atoms with Crippen LogP contribution in [0.2, 0.25) is 0 Å². The van der Waals surface area contributed by atoms with E-state index in [1.165, 1.54) is 0 Å². The summed E-state index contributed by atoms with van der Waals surface area (Å²) < 4.78 is 6.80. The minimum Gasteiger partial charge on any atom is -0.383 e. The highest BCUT2D eigenvalue weighted by Crippen LogP contribution is 2.46. The molecular weight excluding hydrogens is 206 g/mol. The quantitative estimate of drug-likeness (QED) is 0.817. The van der Waals surface area contributed by atoms with E-state index < -0.39 is 0 Å². The van der Waals surface area contributed by atoms with Crippen LogP contribution in [0, 0.1) is 0 Å². The van der Waals surface area contributed by atoms with Crippen LogP contribution in [0.15, 0.2) is 10.7 Å². The molecule has 16 heavy (non-hydrogen) atoms. The Bertz CT molecular complexity index is 537. The van der Waals surface area contributed by atoms with Gasteiger partial charge >= 0.3 is 0 Å². The van der Waals surface area contributed by atoms with Crippen molar-refractivity contribution in [3.63, 3.8) is 0 Å². The molecule has 0 atom stereocenters. The highest BCUT2D eigenvalue weighted by molar-refractivity contribution is 5.66. The van der Waals surface area contributed by atoms with Crippen molar-refractivity contribution in [2.24, 2.45) is 7.05 Å². The van der Waals surface area contributed by atoms with Crippen LogP contribution in [0.4, 0.5) is 5.82 Å². The zero-order valence-electron chi connectivity index (χ0n) is 9.27. The molecule has 1 fully saturated rings. The van der Waals surface area contributed by atoms with Gasteiger partial charge in [0.2, 0.25) is 0 Å². The average Bonchev–Trinajstić information content (AvgIpc) is 2.72. The number of aromatic nitrogens is 4.